The van der Waals surface area contributed by atoms with Gasteiger partial charge in [-0.25, -0.2) is 9.36 Å². The summed E-state index contributed by atoms with van der Waals surface area (Å²) in [6, 6.07) is 6.27. The van der Waals surface area contributed by atoms with Crippen molar-refractivity contribution in [1.29, 1.82) is 0 Å². The first-order valence-corrected chi connectivity index (χ1v) is 10.00. The third-order valence-electron chi connectivity index (χ3n) is 5.60. The lowest BCUT2D eigenvalue weighted by Gasteiger charge is -2.16. The number of hydrogen-bond donors (Lipinski definition) is 2. The van der Waals surface area contributed by atoms with E-state index in [4.69, 9.17) is 33.7 Å². The van der Waals surface area contributed by atoms with E-state index in [1.54, 1.807) is 12.1 Å². The number of nitrogens with one attached hydrogen (secondary N) is 1. The summed E-state index contributed by atoms with van der Waals surface area (Å²) in [5.41, 5.74) is 7.42. The smallest absolute Gasteiger partial charge is 0.446 e. The van der Waals surface area contributed by atoms with Gasteiger partial charge in [-0.2, -0.15) is 0 Å². The van der Waals surface area contributed by atoms with Crippen LogP contribution in [0.25, 0.3) is 5.69 Å². The van der Waals surface area contributed by atoms with Gasteiger partial charge in [0.1, 0.15) is 5.75 Å². The van der Waals surface area contributed by atoms with Crippen LogP contribution in [0.2, 0.25) is 10.0 Å². The molecule has 1 aromatic heterocycles. The summed E-state index contributed by atoms with van der Waals surface area (Å²) in [6.07, 6.45) is 1.59. The highest BCUT2D eigenvalue weighted by atomic mass is 35.5. The van der Waals surface area contributed by atoms with Crippen molar-refractivity contribution >= 4 is 40.7 Å². The van der Waals surface area contributed by atoms with Crippen molar-refractivity contribution < 1.29 is 18.8 Å². The highest BCUT2D eigenvalue weighted by Gasteiger charge is 2.57. The number of nitrogens with two attached hydrogens (primary N) is 1. The molecule has 158 valence electrons. The van der Waals surface area contributed by atoms with Gasteiger partial charge in [0.15, 0.2) is 5.75 Å². The predicted octanol–water partition coefficient (Wildman–Crippen LogP) is 3.32. The molecule has 0 bridgehead atoms. The number of rotatable bonds is 4. The zero-order valence-electron chi connectivity index (χ0n) is 16.0. The van der Waals surface area contributed by atoms with E-state index in [1.165, 1.54) is 12.1 Å². The van der Waals surface area contributed by atoms with Crippen LogP contribution < -0.4 is 21.5 Å². The fraction of sp³-hybridized carbons (Fsp3) is 0.200. The summed E-state index contributed by atoms with van der Waals surface area (Å²) in [4.78, 5) is 35.8. The zero-order chi connectivity index (χ0) is 22.1. The van der Waals surface area contributed by atoms with E-state index in [2.05, 4.69) is 15.0 Å². The number of amides is 2. The van der Waals surface area contributed by atoms with Gasteiger partial charge in [-0.15, -0.1) is 0 Å². The summed E-state index contributed by atoms with van der Waals surface area (Å²) in [5, 5.41) is 6.45. The van der Waals surface area contributed by atoms with Crippen LogP contribution in [-0.4, -0.2) is 21.5 Å². The van der Waals surface area contributed by atoms with Gasteiger partial charge in [0, 0.05) is 5.69 Å². The van der Waals surface area contributed by atoms with Crippen LogP contribution in [0.1, 0.15) is 34.6 Å². The molecule has 1 spiro atoms. The SMILES string of the molecule is Cc1c(Oc2c(Cl)cc(-n3c(C(N)=O)noc3=O)cc2Cl)ccc2c1C1(CC1)C(=O)N2. The molecule has 5 rings (SSSR count). The van der Waals surface area contributed by atoms with Gasteiger partial charge in [0.25, 0.3) is 5.91 Å². The summed E-state index contributed by atoms with van der Waals surface area (Å²) in [5.74, 6) is -1.61. The lowest BCUT2D eigenvalue weighted by Crippen LogP contribution is -2.22. The van der Waals surface area contributed by atoms with Crippen molar-refractivity contribution in [2.24, 2.45) is 5.73 Å². The number of carbonyl (C=O) groups excluding carboxylic acids is 2. The fourth-order valence-electron chi connectivity index (χ4n) is 4.00. The Bertz CT molecular complexity index is 1330. The molecule has 1 aliphatic carbocycles. The maximum absolute atomic E-state index is 12.3. The quantitative estimate of drug-likeness (QED) is 0.613. The van der Waals surface area contributed by atoms with E-state index in [0.29, 0.717) is 5.75 Å². The first kappa shape index (κ1) is 19.7. The van der Waals surface area contributed by atoms with Gasteiger partial charge >= 0.3 is 5.76 Å². The molecule has 0 unspecified atom stereocenters. The molecule has 0 atom stereocenters. The minimum atomic E-state index is -0.954. The Morgan fingerprint density at radius 1 is 1.26 bits per heavy atom. The third kappa shape index (κ3) is 2.84. The number of hydrogen-bond acceptors (Lipinski definition) is 6. The van der Waals surface area contributed by atoms with Crippen LogP contribution in [-0.2, 0) is 10.2 Å². The van der Waals surface area contributed by atoms with Gasteiger partial charge in [0.2, 0.25) is 11.7 Å². The summed E-state index contributed by atoms with van der Waals surface area (Å²) >= 11 is 12.8. The number of anilines is 1. The molecule has 11 heteroatoms. The Morgan fingerprint density at radius 2 is 1.94 bits per heavy atom. The highest BCUT2D eigenvalue weighted by Crippen LogP contribution is 2.57. The van der Waals surface area contributed by atoms with Gasteiger partial charge in [0.05, 0.1) is 21.1 Å². The number of ether oxygens (including phenoxy) is 1. The molecule has 3 aromatic rings. The topological polar surface area (TPSA) is 129 Å². The molecule has 2 heterocycles. The predicted molar refractivity (Wildman–Crippen MR) is 111 cm³/mol. The van der Waals surface area contributed by atoms with Crippen molar-refractivity contribution in [1.82, 2.24) is 9.72 Å². The van der Waals surface area contributed by atoms with Crippen LogP contribution in [0.3, 0.4) is 0 Å². The van der Waals surface area contributed by atoms with Crippen molar-refractivity contribution in [2.45, 2.75) is 25.2 Å². The zero-order valence-corrected chi connectivity index (χ0v) is 17.5. The fourth-order valence-corrected chi connectivity index (χ4v) is 4.55. The van der Waals surface area contributed by atoms with Crippen LogP contribution in [0, 0.1) is 6.92 Å². The highest BCUT2D eigenvalue weighted by molar-refractivity contribution is 6.37. The molecule has 1 saturated carbocycles. The maximum Gasteiger partial charge on any atom is 0.446 e. The Labute approximate surface area is 184 Å². The van der Waals surface area contributed by atoms with E-state index in [9.17, 15) is 14.4 Å². The number of primary amides is 1. The van der Waals surface area contributed by atoms with E-state index >= 15 is 0 Å². The van der Waals surface area contributed by atoms with E-state index < -0.39 is 22.9 Å². The molecule has 2 aromatic carbocycles. The molecule has 1 aliphatic heterocycles. The maximum atomic E-state index is 12.3. The van der Waals surface area contributed by atoms with Crippen LogP contribution >= 0.6 is 23.2 Å². The molecule has 0 radical (unpaired) electrons. The van der Waals surface area contributed by atoms with Crippen LogP contribution in [0.15, 0.2) is 33.6 Å². The monoisotopic (exact) mass is 460 g/mol. The van der Waals surface area contributed by atoms with Gasteiger partial charge < -0.3 is 15.8 Å². The molecule has 2 aliphatic rings. The van der Waals surface area contributed by atoms with Gasteiger partial charge in [-0.3, -0.25) is 14.1 Å². The number of halogens is 2. The number of aromatic nitrogens is 2. The van der Waals surface area contributed by atoms with Crippen molar-refractivity contribution in [3.63, 3.8) is 0 Å². The Balaban J connectivity index is 1.55. The number of carbonyl (C=O) groups is 2. The van der Waals surface area contributed by atoms with Crippen molar-refractivity contribution in [3.05, 3.63) is 61.8 Å². The third-order valence-corrected chi connectivity index (χ3v) is 6.17. The average Bonchev–Trinajstić information content (AvgIpc) is 3.32. The van der Waals surface area contributed by atoms with Gasteiger partial charge in [-0.05, 0) is 60.3 Å². The largest absolute Gasteiger partial charge is 0.454 e. The lowest BCUT2D eigenvalue weighted by molar-refractivity contribution is -0.117. The molecule has 3 N–H and O–H groups in total. The standard InChI is InChI=1S/C20H14Cl2N4O5/c1-8-13(3-2-12-14(8)20(4-5-20)18(28)24-12)30-15-10(21)6-9(7-11(15)22)26-17(16(23)27)25-31-19(26)29/h2-3,6-7H,4-5H2,1H3,(H2,23,27)(H,24,28). The molecule has 0 saturated heterocycles. The van der Waals surface area contributed by atoms with Gasteiger partial charge in [-0.1, -0.05) is 23.2 Å². The molecule has 31 heavy (non-hydrogen) atoms. The summed E-state index contributed by atoms with van der Waals surface area (Å²) in [6.45, 7) is 1.88. The number of benzene rings is 2. The molecule has 2 amide bonds. The Hall–Kier alpha value is -3.30. The normalized spacial score (nSPS) is 15.6. The molecule has 1 fully saturated rings. The number of nitrogens with zero attached hydrogens (tertiary/aromatic N) is 2. The van der Waals surface area contributed by atoms with Crippen molar-refractivity contribution in [2.75, 3.05) is 5.32 Å². The average molecular weight is 461 g/mol. The second kappa shape index (κ2) is 6.60. The van der Waals surface area contributed by atoms with E-state index in [1.807, 2.05) is 6.92 Å². The lowest BCUT2D eigenvalue weighted by atomic mass is 9.93. The summed E-state index contributed by atoms with van der Waals surface area (Å²) < 4.78 is 11.4. The first-order chi connectivity index (χ1) is 14.7. The van der Waals surface area contributed by atoms with E-state index in [0.717, 1.165) is 34.2 Å². The Kier molecular flexibility index (Phi) is 4.18. The number of fused-ring (bicyclic) bond motifs is 2. The molecule has 9 nitrogen and oxygen atoms in total. The van der Waals surface area contributed by atoms with E-state index in [-0.39, 0.29) is 27.4 Å². The van der Waals surface area contributed by atoms with Crippen LogP contribution in [0.4, 0.5) is 5.69 Å². The Morgan fingerprint density at radius 3 is 2.55 bits per heavy atom. The minimum Gasteiger partial charge on any atom is -0.454 e. The van der Waals surface area contributed by atoms with Crippen molar-refractivity contribution in [3.8, 4) is 17.2 Å². The van der Waals surface area contributed by atoms with Crippen LogP contribution in [0.5, 0.6) is 11.5 Å². The first-order valence-electron chi connectivity index (χ1n) is 9.24. The second-order valence-corrected chi connectivity index (χ2v) is 8.27. The second-order valence-electron chi connectivity index (χ2n) is 7.46. The summed E-state index contributed by atoms with van der Waals surface area (Å²) in [7, 11) is 0. The molecular weight excluding hydrogens is 447 g/mol. The minimum absolute atomic E-state index is 0.00702. The molecular formula is C20H14Cl2N4O5.